The molecule has 0 aromatic heterocycles. The van der Waals surface area contributed by atoms with E-state index >= 15 is 0 Å². The van der Waals surface area contributed by atoms with E-state index in [0.29, 0.717) is 0 Å². The first-order valence-corrected chi connectivity index (χ1v) is 3.42. The standard InChI is InChI=1S/C7H17N/c1-7(2)5-6-8(3)4/h7H,5-6H2,1-4H3/p+1. The van der Waals surface area contributed by atoms with E-state index in [1.165, 1.54) is 13.0 Å². The zero-order chi connectivity index (χ0) is 6.57. The Morgan fingerprint density at radius 3 is 1.88 bits per heavy atom. The Kier molecular flexibility index (Phi) is 3.88. The Balaban J connectivity index is 2.93. The minimum absolute atomic E-state index is 0.866. The Morgan fingerprint density at radius 1 is 1.25 bits per heavy atom. The van der Waals surface area contributed by atoms with Crippen molar-refractivity contribution in [2.24, 2.45) is 5.92 Å². The van der Waals surface area contributed by atoms with Gasteiger partial charge in [-0.15, -0.1) is 0 Å². The van der Waals surface area contributed by atoms with Gasteiger partial charge < -0.3 is 4.90 Å². The summed E-state index contributed by atoms with van der Waals surface area (Å²) in [6, 6.07) is 0. The summed E-state index contributed by atoms with van der Waals surface area (Å²) in [5, 5.41) is 0. The van der Waals surface area contributed by atoms with Crippen LogP contribution in [0.15, 0.2) is 0 Å². The van der Waals surface area contributed by atoms with E-state index in [-0.39, 0.29) is 0 Å². The van der Waals surface area contributed by atoms with E-state index in [9.17, 15) is 0 Å². The molecule has 0 aliphatic carbocycles. The van der Waals surface area contributed by atoms with Crippen molar-refractivity contribution >= 4 is 0 Å². The monoisotopic (exact) mass is 116 g/mol. The molecule has 50 valence electrons. The molecule has 0 fully saturated rings. The average Bonchev–Trinajstić information content (AvgIpc) is 1.61. The Hall–Kier alpha value is -0.0400. The molecule has 0 rings (SSSR count). The smallest absolute Gasteiger partial charge is 0.0769 e. The van der Waals surface area contributed by atoms with Gasteiger partial charge in [-0.25, -0.2) is 0 Å². The molecule has 0 heterocycles. The van der Waals surface area contributed by atoms with Crippen LogP contribution in [0.4, 0.5) is 0 Å². The van der Waals surface area contributed by atoms with Gasteiger partial charge in [-0.05, 0) is 12.3 Å². The quantitative estimate of drug-likeness (QED) is 0.536. The Bertz CT molecular complexity index is 40.3. The summed E-state index contributed by atoms with van der Waals surface area (Å²) in [6.07, 6.45) is 1.35. The van der Waals surface area contributed by atoms with Crippen molar-refractivity contribution in [3.05, 3.63) is 0 Å². The minimum atomic E-state index is 0.866. The van der Waals surface area contributed by atoms with Gasteiger partial charge in [0, 0.05) is 0 Å². The first-order chi connectivity index (χ1) is 3.63. The lowest BCUT2D eigenvalue weighted by Gasteiger charge is -2.07. The second kappa shape index (κ2) is 3.90. The van der Waals surface area contributed by atoms with Crippen LogP contribution in [0.25, 0.3) is 0 Å². The molecule has 8 heavy (non-hydrogen) atoms. The highest BCUT2D eigenvalue weighted by atomic mass is 15.0. The minimum Gasteiger partial charge on any atom is -0.340 e. The number of nitrogens with one attached hydrogen (secondary N) is 1. The lowest BCUT2D eigenvalue weighted by atomic mass is 10.1. The van der Waals surface area contributed by atoms with E-state index in [2.05, 4.69) is 27.9 Å². The van der Waals surface area contributed by atoms with E-state index in [4.69, 9.17) is 0 Å². The maximum Gasteiger partial charge on any atom is 0.0769 e. The summed E-state index contributed by atoms with van der Waals surface area (Å²) in [5.41, 5.74) is 0. The van der Waals surface area contributed by atoms with Crippen LogP contribution in [0.3, 0.4) is 0 Å². The zero-order valence-electron chi connectivity index (χ0n) is 6.49. The maximum absolute atomic E-state index is 2.27. The van der Waals surface area contributed by atoms with Gasteiger partial charge in [-0.1, -0.05) is 13.8 Å². The molecule has 0 atom stereocenters. The predicted octanol–water partition coefficient (Wildman–Crippen LogP) is 0.177. The van der Waals surface area contributed by atoms with Crippen LogP contribution in [0.2, 0.25) is 0 Å². The van der Waals surface area contributed by atoms with Crippen LogP contribution in [-0.4, -0.2) is 20.6 Å². The van der Waals surface area contributed by atoms with E-state index in [1.807, 2.05) is 0 Å². The Morgan fingerprint density at radius 2 is 1.75 bits per heavy atom. The van der Waals surface area contributed by atoms with Crippen molar-refractivity contribution in [1.29, 1.82) is 0 Å². The third-order valence-corrected chi connectivity index (χ3v) is 1.22. The highest BCUT2D eigenvalue weighted by Crippen LogP contribution is 1.93. The molecule has 0 bridgehead atoms. The summed E-state index contributed by atoms with van der Waals surface area (Å²) < 4.78 is 0. The molecule has 0 saturated heterocycles. The molecular formula is C7H18N+. The maximum atomic E-state index is 2.27. The topological polar surface area (TPSA) is 4.44 Å². The van der Waals surface area contributed by atoms with Gasteiger partial charge in [-0.2, -0.15) is 0 Å². The number of hydrogen-bond donors (Lipinski definition) is 1. The highest BCUT2D eigenvalue weighted by Gasteiger charge is 1.95. The summed E-state index contributed by atoms with van der Waals surface area (Å²) in [4.78, 5) is 1.55. The molecule has 0 unspecified atom stereocenters. The molecule has 0 saturated carbocycles. The van der Waals surface area contributed by atoms with Gasteiger partial charge in [0.15, 0.2) is 0 Å². The number of hydrogen-bond acceptors (Lipinski definition) is 0. The molecular weight excluding hydrogens is 98.1 g/mol. The third-order valence-electron chi connectivity index (χ3n) is 1.22. The SMILES string of the molecule is CC(C)CC[NH+](C)C. The van der Waals surface area contributed by atoms with Gasteiger partial charge in [0.2, 0.25) is 0 Å². The molecule has 0 aromatic carbocycles. The fourth-order valence-electron chi connectivity index (χ4n) is 0.577. The largest absolute Gasteiger partial charge is 0.340 e. The molecule has 1 heteroatoms. The van der Waals surface area contributed by atoms with Crippen molar-refractivity contribution in [2.45, 2.75) is 20.3 Å². The van der Waals surface area contributed by atoms with Crippen LogP contribution in [0.1, 0.15) is 20.3 Å². The molecule has 1 N–H and O–H groups in total. The van der Waals surface area contributed by atoms with Crippen LogP contribution in [0.5, 0.6) is 0 Å². The summed E-state index contributed by atoms with van der Waals surface area (Å²) >= 11 is 0. The molecule has 0 amide bonds. The predicted molar refractivity (Wildman–Crippen MR) is 37.1 cm³/mol. The van der Waals surface area contributed by atoms with Crippen molar-refractivity contribution in [3.63, 3.8) is 0 Å². The van der Waals surface area contributed by atoms with Crippen molar-refractivity contribution < 1.29 is 4.90 Å². The normalized spacial score (nSPS) is 11.2. The van der Waals surface area contributed by atoms with Gasteiger partial charge in [0.25, 0.3) is 0 Å². The first kappa shape index (κ1) is 7.96. The van der Waals surface area contributed by atoms with Gasteiger partial charge in [0.1, 0.15) is 0 Å². The van der Waals surface area contributed by atoms with Gasteiger partial charge in [0.05, 0.1) is 20.6 Å². The van der Waals surface area contributed by atoms with Crippen molar-refractivity contribution in [2.75, 3.05) is 20.6 Å². The summed E-state index contributed by atoms with van der Waals surface area (Å²) in [7, 11) is 4.39. The van der Waals surface area contributed by atoms with Crippen LogP contribution < -0.4 is 4.90 Å². The van der Waals surface area contributed by atoms with Gasteiger partial charge in [-0.3, -0.25) is 0 Å². The molecule has 0 aliphatic heterocycles. The third kappa shape index (κ3) is 5.96. The Labute approximate surface area is 52.7 Å². The summed E-state index contributed by atoms with van der Waals surface area (Å²) in [6.45, 7) is 5.84. The van der Waals surface area contributed by atoms with Crippen LogP contribution in [0, 0.1) is 5.92 Å². The lowest BCUT2D eigenvalue weighted by molar-refractivity contribution is -0.858. The van der Waals surface area contributed by atoms with Crippen LogP contribution >= 0.6 is 0 Å². The fraction of sp³-hybridized carbons (Fsp3) is 1.00. The summed E-state index contributed by atoms with van der Waals surface area (Å²) in [5.74, 6) is 0.866. The number of rotatable bonds is 3. The van der Waals surface area contributed by atoms with Crippen molar-refractivity contribution in [1.82, 2.24) is 0 Å². The van der Waals surface area contributed by atoms with Crippen LogP contribution in [-0.2, 0) is 0 Å². The second-order valence-corrected chi connectivity index (χ2v) is 3.14. The second-order valence-electron chi connectivity index (χ2n) is 3.14. The molecule has 0 aromatic rings. The zero-order valence-corrected chi connectivity index (χ0v) is 6.49. The van der Waals surface area contributed by atoms with E-state index < -0.39 is 0 Å². The van der Waals surface area contributed by atoms with Gasteiger partial charge >= 0.3 is 0 Å². The number of quaternary nitrogens is 1. The highest BCUT2D eigenvalue weighted by molar-refractivity contribution is 4.39. The molecule has 0 aliphatic rings. The average molecular weight is 116 g/mol. The van der Waals surface area contributed by atoms with E-state index in [0.717, 1.165) is 5.92 Å². The lowest BCUT2D eigenvalue weighted by Crippen LogP contribution is -3.05. The first-order valence-electron chi connectivity index (χ1n) is 3.42. The van der Waals surface area contributed by atoms with E-state index in [1.54, 1.807) is 4.90 Å². The molecule has 0 spiro atoms. The molecule has 0 radical (unpaired) electrons. The van der Waals surface area contributed by atoms with Crippen molar-refractivity contribution in [3.8, 4) is 0 Å². The molecule has 1 nitrogen and oxygen atoms in total. The fourth-order valence-corrected chi connectivity index (χ4v) is 0.577.